The minimum atomic E-state index is 0. The number of rotatable bonds is 6. The van der Waals surface area contributed by atoms with Gasteiger partial charge >= 0.3 is 0 Å². The number of halogens is 2. The number of benzene rings is 1. The Bertz CT molecular complexity index is 577. The van der Waals surface area contributed by atoms with E-state index in [1.807, 2.05) is 0 Å². The molecule has 0 bridgehead atoms. The van der Waals surface area contributed by atoms with Crippen molar-refractivity contribution in [2.24, 2.45) is 10.7 Å². The van der Waals surface area contributed by atoms with Gasteiger partial charge in [-0.3, -0.25) is 9.79 Å². The Kier molecular flexibility index (Phi) is 9.20. The summed E-state index contributed by atoms with van der Waals surface area (Å²) in [5.74, 6) is 0.872. The SMILES string of the molecule is COc1ccc(NC(N)=NCCC(=O)NC2CCCC2)cc1Cl.I. The summed E-state index contributed by atoms with van der Waals surface area (Å²) in [5, 5.41) is 6.45. The van der Waals surface area contributed by atoms with Crippen LogP contribution in [0.15, 0.2) is 23.2 Å². The van der Waals surface area contributed by atoms with Gasteiger partial charge in [0.25, 0.3) is 0 Å². The van der Waals surface area contributed by atoms with E-state index < -0.39 is 0 Å². The Morgan fingerprint density at radius 2 is 2.12 bits per heavy atom. The van der Waals surface area contributed by atoms with E-state index in [1.165, 1.54) is 12.8 Å². The van der Waals surface area contributed by atoms with Crippen molar-refractivity contribution in [3.8, 4) is 5.75 Å². The molecule has 1 aliphatic carbocycles. The van der Waals surface area contributed by atoms with Crippen LogP contribution in [0.25, 0.3) is 0 Å². The molecule has 0 unspecified atom stereocenters. The molecule has 24 heavy (non-hydrogen) atoms. The third-order valence-corrected chi connectivity index (χ3v) is 4.06. The maximum absolute atomic E-state index is 11.8. The molecular formula is C16H24ClIN4O2. The highest BCUT2D eigenvalue weighted by Crippen LogP contribution is 2.27. The van der Waals surface area contributed by atoms with E-state index in [2.05, 4.69) is 15.6 Å². The van der Waals surface area contributed by atoms with Gasteiger partial charge in [0.2, 0.25) is 5.91 Å². The summed E-state index contributed by atoms with van der Waals surface area (Å²) in [6, 6.07) is 5.58. The third-order valence-electron chi connectivity index (χ3n) is 3.77. The normalized spacial score (nSPS) is 14.8. The molecule has 0 saturated heterocycles. The van der Waals surface area contributed by atoms with Gasteiger partial charge in [0.1, 0.15) is 5.75 Å². The highest BCUT2D eigenvalue weighted by molar-refractivity contribution is 14.0. The van der Waals surface area contributed by atoms with Crippen LogP contribution >= 0.6 is 35.6 Å². The maximum Gasteiger partial charge on any atom is 0.222 e. The number of carbonyl (C=O) groups is 1. The van der Waals surface area contributed by atoms with Crippen LogP contribution in [0.3, 0.4) is 0 Å². The Morgan fingerprint density at radius 3 is 2.75 bits per heavy atom. The van der Waals surface area contributed by atoms with Crippen molar-refractivity contribution in [2.75, 3.05) is 19.0 Å². The number of anilines is 1. The summed E-state index contributed by atoms with van der Waals surface area (Å²) in [6.45, 7) is 0.348. The Morgan fingerprint density at radius 1 is 1.42 bits per heavy atom. The van der Waals surface area contributed by atoms with Crippen LogP contribution < -0.4 is 21.1 Å². The Labute approximate surface area is 164 Å². The molecule has 1 aromatic rings. The van der Waals surface area contributed by atoms with Gasteiger partial charge < -0.3 is 21.1 Å². The van der Waals surface area contributed by atoms with Gasteiger partial charge in [-0.05, 0) is 31.0 Å². The molecule has 1 aliphatic rings. The smallest absolute Gasteiger partial charge is 0.222 e. The minimum absolute atomic E-state index is 0. The third kappa shape index (κ3) is 6.72. The number of aliphatic imine (C=N–C) groups is 1. The molecule has 0 radical (unpaired) electrons. The largest absolute Gasteiger partial charge is 0.495 e. The summed E-state index contributed by atoms with van der Waals surface area (Å²) in [5.41, 5.74) is 6.52. The first-order valence-corrected chi connectivity index (χ1v) is 8.16. The maximum atomic E-state index is 11.8. The summed E-state index contributed by atoms with van der Waals surface area (Å²) >= 11 is 6.04. The van der Waals surface area contributed by atoms with E-state index in [-0.39, 0.29) is 35.8 Å². The van der Waals surface area contributed by atoms with E-state index >= 15 is 0 Å². The number of hydrogen-bond donors (Lipinski definition) is 3. The van der Waals surface area contributed by atoms with Crippen LogP contribution in [0.4, 0.5) is 5.69 Å². The van der Waals surface area contributed by atoms with E-state index in [0.717, 1.165) is 12.8 Å². The molecule has 0 spiro atoms. The van der Waals surface area contributed by atoms with Crippen LogP contribution in [0.1, 0.15) is 32.1 Å². The molecule has 1 saturated carbocycles. The standard InChI is InChI=1S/C16H23ClN4O2.HI/c1-23-14-7-6-12(10-13(14)17)21-16(18)19-9-8-15(22)20-11-4-2-3-5-11;/h6-7,10-11H,2-5,8-9H2,1H3,(H,20,22)(H3,18,19,21);1H. The second-order valence-corrected chi connectivity index (χ2v) is 5.95. The number of carbonyl (C=O) groups excluding carboxylic acids is 1. The fourth-order valence-corrected chi connectivity index (χ4v) is 2.84. The number of methoxy groups -OCH3 is 1. The number of hydrogen-bond acceptors (Lipinski definition) is 3. The molecule has 6 nitrogen and oxygen atoms in total. The molecule has 2 rings (SSSR count). The number of guanidine groups is 1. The first-order chi connectivity index (χ1) is 11.1. The van der Waals surface area contributed by atoms with Gasteiger partial charge in [-0.2, -0.15) is 0 Å². The van der Waals surface area contributed by atoms with Gasteiger partial charge in [-0.1, -0.05) is 24.4 Å². The number of nitrogens with one attached hydrogen (secondary N) is 2. The summed E-state index contributed by atoms with van der Waals surface area (Å²) < 4.78 is 5.09. The zero-order chi connectivity index (χ0) is 16.7. The first kappa shape index (κ1) is 20.8. The van der Waals surface area contributed by atoms with Gasteiger partial charge in [0.05, 0.1) is 18.7 Å². The molecule has 0 heterocycles. The zero-order valence-corrected chi connectivity index (χ0v) is 16.8. The lowest BCUT2D eigenvalue weighted by Gasteiger charge is -2.11. The van der Waals surface area contributed by atoms with Crippen molar-refractivity contribution in [1.29, 1.82) is 0 Å². The molecule has 0 aliphatic heterocycles. The summed E-state index contributed by atoms with van der Waals surface area (Å²) in [4.78, 5) is 15.9. The Balaban J connectivity index is 0.00000288. The quantitative estimate of drug-likeness (QED) is 0.341. The Hall–Kier alpha value is -1.22. The average molecular weight is 467 g/mol. The number of nitrogens with zero attached hydrogens (tertiary/aromatic N) is 1. The summed E-state index contributed by atoms with van der Waals surface area (Å²) in [7, 11) is 1.56. The van der Waals surface area contributed by atoms with Crippen molar-refractivity contribution < 1.29 is 9.53 Å². The fraction of sp³-hybridized carbons (Fsp3) is 0.500. The highest BCUT2D eigenvalue weighted by Gasteiger charge is 2.16. The molecule has 1 fully saturated rings. The molecular weight excluding hydrogens is 443 g/mol. The van der Waals surface area contributed by atoms with E-state index in [0.29, 0.717) is 35.5 Å². The summed E-state index contributed by atoms with van der Waals surface area (Å²) in [6.07, 6.45) is 4.89. The van der Waals surface area contributed by atoms with Gasteiger partial charge in [-0.25, -0.2) is 0 Å². The van der Waals surface area contributed by atoms with E-state index in [9.17, 15) is 4.79 Å². The van der Waals surface area contributed by atoms with Crippen molar-refractivity contribution in [3.63, 3.8) is 0 Å². The topological polar surface area (TPSA) is 88.7 Å². The second kappa shape index (κ2) is 10.6. The number of amides is 1. The van der Waals surface area contributed by atoms with Crippen molar-refractivity contribution in [1.82, 2.24) is 5.32 Å². The van der Waals surface area contributed by atoms with Crippen molar-refractivity contribution >= 4 is 53.1 Å². The lowest BCUT2D eigenvalue weighted by atomic mass is 10.2. The molecule has 0 atom stereocenters. The molecule has 0 aromatic heterocycles. The molecule has 1 amide bonds. The lowest BCUT2D eigenvalue weighted by molar-refractivity contribution is -0.121. The lowest BCUT2D eigenvalue weighted by Crippen LogP contribution is -2.33. The number of ether oxygens (including phenoxy) is 1. The van der Waals surface area contributed by atoms with Gasteiger partial charge in [0.15, 0.2) is 5.96 Å². The minimum Gasteiger partial charge on any atom is -0.495 e. The molecule has 4 N–H and O–H groups in total. The second-order valence-electron chi connectivity index (χ2n) is 5.54. The monoisotopic (exact) mass is 466 g/mol. The van der Waals surface area contributed by atoms with E-state index in [1.54, 1.807) is 25.3 Å². The molecule has 134 valence electrons. The van der Waals surface area contributed by atoms with Gasteiger partial charge in [0, 0.05) is 18.2 Å². The first-order valence-electron chi connectivity index (χ1n) is 7.78. The van der Waals surface area contributed by atoms with Crippen LogP contribution in [-0.4, -0.2) is 31.6 Å². The van der Waals surface area contributed by atoms with Crippen molar-refractivity contribution in [2.45, 2.75) is 38.1 Å². The molecule has 1 aromatic carbocycles. The molecule has 8 heteroatoms. The van der Waals surface area contributed by atoms with Crippen LogP contribution in [0.2, 0.25) is 5.02 Å². The zero-order valence-electron chi connectivity index (χ0n) is 13.7. The van der Waals surface area contributed by atoms with Gasteiger partial charge in [-0.15, -0.1) is 24.0 Å². The highest BCUT2D eigenvalue weighted by atomic mass is 127. The van der Waals surface area contributed by atoms with Crippen LogP contribution in [0, 0.1) is 0 Å². The predicted molar refractivity (Wildman–Crippen MR) is 109 cm³/mol. The average Bonchev–Trinajstić information content (AvgIpc) is 3.00. The van der Waals surface area contributed by atoms with Crippen LogP contribution in [-0.2, 0) is 4.79 Å². The van der Waals surface area contributed by atoms with E-state index in [4.69, 9.17) is 22.1 Å². The van der Waals surface area contributed by atoms with Crippen LogP contribution in [0.5, 0.6) is 5.75 Å². The fourth-order valence-electron chi connectivity index (χ4n) is 2.58. The van der Waals surface area contributed by atoms with Crippen molar-refractivity contribution in [3.05, 3.63) is 23.2 Å². The predicted octanol–water partition coefficient (Wildman–Crippen LogP) is 3.14. The number of nitrogens with two attached hydrogens (primary N) is 1.